The number of hydrogen-bond acceptors (Lipinski definition) is 4. The van der Waals surface area contributed by atoms with Crippen LogP contribution in [-0.2, 0) is 4.79 Å². The Hall–Kier alpha value is -3.19. The van der Waals surface area contributed by atoms with E-state index in [4.69, 9.17) is 4.74 Å². The van der Waals surface area contributed by atoms with Crippen molar-refractivity contribution >= 4 is 34.3 Å². The molecule has 0 radical (unpaired) electrons. The van der Waals surface area contributed by atoms with Crippen LogP contribution in [0.3, 0.4) is 0 Å². The van der Waals surface area contributed by atoms with Gasteiger partial charge in [0.25, 0.3) is 0 Å². The molecule has 136 valence electrons. The highest BCUT2D eigenvalue weighted by atomic mass is 32.2. The van der Waals surface area contributed by atoms with E-state index >= 15 is 0 Å². The van der Waals surface area contributed by atoms with Gasteiger partial charge >= 0.3 is 0 Å². The van der Waals surface area contributed by atoms with E-state index in [0.717, 1.165) is 38.6 Å². The van der Waals surface area contributed by atoms with Crippen LogP contribution in [0.2, 0.25) is 0 Å². The van der Waals surface area contributed by atoms with Crippen molar-refractivity contribution in [2.45, 2.75) is 5.03 Å². The van der Waals surface area contributed by atoms with Crippen molar-refractivity contribution in [2.75, 3.05) is 18.2 Å². The second kappa shape index (κ2) is 7.59. The summed E-state index contributed by atoms with van der Waals surface area (Å²) in [5.74, 6) is 1.09. The van der Waals surface area contributed by atoms with E-state index in [1.807, 2.05) is 54.6 Å². The number of methoxy groups -OCH3 is 1. The van der Waals surface area contributed by atoms with E-state index < -0.39 is 0 Å². The fourth-order valence-electron chi connectivity index (χ4n) is 2.78. The predicted molar refractivity (Wildman–Crippen MR) is 108 cm³/mol. The molecule has 0 atom stereocenters. The monoisotopic (exact) mass is 378 g/mol. The molecule has 2 aromatic carbocycles. The minimum absolute atomic E-state index is 0.0504. The van der Waals surface area contributed by atoms with E-state index in [1.54, 1.807) is 13.3 Å². The van der Waals surface area contributed by atoms with Crippen molar-refractivity contribution in [2.24, 2.45) is 0 Å². The minimum Gasteiger partial charge on any atom is -0.497 e. The standard InChI is InChI=1S/C20H18N4O2S/c1-26-16-6-7-17-14(10-16)11-20(23-17)27-12-19(25)22-15-4-2-13(3-5-15)18-8-9-21-24-18/h2-11,23H,12H2,1H3,(H,21,24)(H,22,25). The largest absolute Gasteiger partial charge is 0.497 e. The average molecular weight is 378 g/mol. The second-order valence-electron chi connectivity index (χ2n) is 5.97. The van der Waals surface area contributed by atoms with E-state index in [1.165, 1.54) is 11.8 Å². The summed E-state index contributed by atoms with van der Waals surface area (Å²) in [6.07, 6.45) is 1.71. The first-order valence-corrected chi connectivity index (χ1v) is 9.39. The maximum atomic E-state index is 12.2. The van der Waals surface area contributed by atoms with Crippen molar-refractivity contribution < 1.29 is 9.53 Å². The van der Waals surface area contributed by atoms with Crippen molar-refractivity contribution in [1.82, 2.24) is 15.2 Å². The molecule has 3 N–H and O–H groups in total. The lowest BCUT2D eigenvalue weighted by Gasteiger charge is -2.05. The number of nitrogens with zero attached hydrogens (tertiary/aromatic N) is 1. The summed E-state index contributed by atoms with van der Waals surface area (Å²) in [4.78, 5) is 15.5. The van der Waals surface area contributed by atoms with E-state index in [-0.39, 0.29) is 5.91 Å². The Kier molecular flexibility index (Phi) is 4.84. The van der Waals surface area contributed by atoms with Gasteiger partial charge in [0.2, 0.25) is 5.91 Å². The summed E-state index contributed by atoms with van der Waals surface area (Å²) in [5, 5.41) is 11.8. The van der Waals surface area contributed by atoms with Gasteiger partial charge in [-0.2, -0.15) is 5.10 Å². The highest BCUT2D eigenvalue weighted by Gasteiger charge is 2.07. The lowest BCUT2D eigenvalue weighted by Crippen LogP contribution is -2.13. The maximum Gasteiger partial charge on any atom is 0.234 e. The Labute approximate surface area is 160 Å². The summed E-state index contributed by atoms with van der Waals surface area (Å²) in [7, 11) is 1.65. The molecular formula is C20H18N4O2S. The molecule has 4 aromatic rings. The number of carbonyl (C=O) groups is 1. The molecule has 0 saturated carbocycles. The molecule has 1 amide bonds. The van der Waals surface area contributed by atoms with E-state index in [0.29, 0.717) is 5.75 Å². The number of ether oxygens (including phenoxy) is 1. The summed E-state index contributed by atoms with van der Waals surface area (Å²) in [6, 6.07) is 17.4. The van der Waals surface area contributed by atoms with Crippen LogP contribution in [0.25, 0.3) is 22.2 Å². The molecule has 4 rings (SSSR count). The lowest BCUT2D eigenvalue weighted by atomic mass is 10.1. The Morgan fingerprint density at radius 1 is 1.15 bits per heavy atom. The number of amides is 1. The number of benzene rings is 2. The highest BCUT2D eigenvalue weighted by molar-refractivity contribution is 7.99. The van der Waals surface area contributed by atoms with Crippen LogP contribution >= 0.6 is 11.8 Å². The Bertz CT molecular complexity index is 1060. The molecule has 27 heavy (non-hydrogen) atoms. The zero-order valence-electron chi connectivity index (χ0n) is 14.7. The third kappa shape index (κ3) is 3.98. The SMILES string of the molecule is COc1ccc2[nH]c(SCC(=O)Nc3ccc(-c4ccn[nH]4)cc3)cc2c1. The molecule has 0 spiro atoms. The van der Waals surface area contributed by atoms with Crippen LogP contribution < -0.4 is 10.1 Å². The van der Waals surface area contributed by atoms with E-state index in [2.05, 4.69) is 20.5 Å². The number of nitrogens with one attached hydrogen (secondary N) is 3. The topological polar surface area (TPSA) is 82.8 Å². The van der Waals surface area contributed by atoms with Crippen LogP contribution in [0, 0.1) is 0 Å². The number of aromatic amines is 2. The number of anilines is 1. The van der Waals surface area contributed by atoms with Crippen LogP contribution in [-0.4, -0.2) is 34.0 Å². The van der Waals surface area contributed by atoms with Gasteiger partial charge in [-0.25, -0.2) is 0 Å². The third-order valence-corrected chi connectivity index (χ3v) is 5.08. The van der Waals surface area contributed by atoms with Crippen LogP contribution in [0.5, 0.6) is 5.75 Å². The Morgan fingerprint density at radius 3 is 2.74 bits per heavy atom. The smallest absolute Gasteiger partial charge is 0.234 e. The molecule has 0 aliphatic heterocycles. The van der Waals surface area contributed by atoms with Crippen molar-refractivity contribution in [1.29, 1.82) is 0 Å². The van der Waals surface area contributed by atoms with Gasteiger partial charge in [0.05, 0.1) is 23.6 Å². The van der Waals surface area contributed by atoms with Crippen molar-refractivity contribution in [3.05, 3.63) is 60.8 Å². The second-order valence-corrected chi connectivity index (χ2v) is 6.99. The zero-order valence-corrected chi connectivity index (χ0v) is 15.5. The predicted octanol–water partition coefficient (Wildman–Crippen LogP) is 4.30. The van der Waals surface area contributed by atoms with Crippen molar-refractivity contribution in [3.63, 3.8) is 0 Å². The lowest BCUT2D eigenvalue weighted by molar-refractivity contribution is -0.113. The molecule has 2 aromatic heterocycles. The normalized spacial score (nSPS) is 10.9. The minimum atomic E-state index is -0.0504. The van der Waals surface area contributed by atoms with Gasteiger partial charge in [-0.3, -0.25) is 9.89 Å². The van der Waals surface area contributed by atoms with Gasteiger partial charge in [0, 0.05) is 22.8 Å². The van der Waals surface area contributed by atoms with E-state index in [9.17, 15) is 4.79 Å². The van der Waals surface area contributed by atoms with Crippen LogP contribution in [0.4, 0.5) is 5.69 Å². The Balaban J connectivity index is 1.35. The third-order valence-electron chi connectivity index (χ3n) is 4.14. The number of rotatable bonds is 6. The number of aromatic nitrogens is 3. The zero-order chi connectivity index (χ0) is 18.6. The highest BCUT2D eigenvalue weighted by Crippen LogP contribution is 2.26. The summed E-state index contributed by atoms with van der Waals surface area (Å²) in [5.41, 5.74) is 3.76. The molecule has 0 saturated heterocycles. The fourth-order valence-corrected chi connectivity index (χ4v) is 3.53. The van der Waals surface area contributed by atoms with Gasteiger partial charge < -0.3 is 15.0 Å². The van der Waals surface area contributed by atoms with Gasteiger partial charge in [-0.1, -0.05) is 23.9 Å². The van der Waals surface area contributed by atoms with Gasteiger partial charge in [0.1, 0.15) is 5.75 Å². The molecule has 0 fully saturated rings. The first kappa shape index (κ1) is 17.2. The van der Waals surface area contributed by atoms with Gasteiger partial charge in [0.15, 0.2) is 0 Å². The molecule has 0 aliphatic carbocycles. The van der Waals surface area contributed by atoms with Crippen molar-refractivity contribution in [3.8, 4) is 17.0 Å². The fraction of sp³-hybridized carbons (Fsp3) is 0.100. The Morgan fingerprint density at radius 2 is 2.00 bits per heavy atom. The number of hydrogen-bond donors (Lipinski definition) is 3. The van der Waals surface area contributed by atoms with Gasteiger partial charge in [-0.05, 0) is 48.0 Å². The molecule has 2 heterocycles. The number of carbonyl (C=O) groups excluding carboxylic acids is 1. The van der Waals surface area contributed by atoms with Gasteiger partial charge in [-0.15, -0.1) is 0 Å². The molecule has 6 nitrogen and oxygen atoms in total. The summed E-state index contributed by atoms with van der Waals surface area (Å²) >= 11 is 1.47. The van der Waals surface area contributed by atoms with Crippen LogP contribution in [0.1, 0.15) is 0 Å². The molecule has 0 aliphatic rings. The number of fused-ring (bicyclic) bond motifs is 1. The summed E-state index contributed by atoms with van der Waals surface area (Å²) < 4.78 is 5.24. The molecule has 0 unspecified atom stereocenters. The first-order chi connectivity index (χ1) is 13.2. The maximum absolute atomic E-state index is 12.2. The summed E-state index contributed by atoms with van der Waals surface area (Å²) in [6.45, 7) is 0. The average Bonchev–Trinajstić information content (AvgIpc) is 3.36. The first-order valence-electron chi connectivity index (χ1n) is 8.40. The molecular weight excluding hydrogens is 360 g/mol. The molecule has 0 bridgehead atoms. The van der Waals surface area contributed by atoms with Crippen LogP contribution in [0.15, 0.2) is 65.8 Å². The quantitative estimate of drug-likeness (QED) is 0.437. The number of H-pyrrole nitrogens is 2. The molecule has 7 heteroatoms. The number of thioether (sulfide) groups is 1.